The van der Waals surface area contributed by atoms with Gasteiger partial charge in [-0.15, -0.1) is 0 Å². The van der Waals surface area contributed by atoms with E-state index in [1.54, 1.807) is 12.0 Å². The van der Waals surface area contributed by atoms with Gasteiger partial charge in [0.25, 0.3) is 5.89 Å². The number of carbonyl (C=O) groups excluding carboxylic acids is 1. The minimum absolute atomic E-state index is 0.0902. The Balaban J connectivity index is 1.54. The molecule has 1 aliphatic heterocycles. The highest BCUT2D eigenvalue weighted by Crippen LogP contribution is 2.16. The van der Waals surface area contributed by atoms with Crippen LogP contribution in [-0.2, 0) is 16.0 Å². The zero-order valence-electron chi connectivity index (χ0n) is 14.9. The molecule has 1 saturated heterocycles. The molecule has 1 aromatic carbocycles. The maximum atomic E-state index is 12.5. The summed E-state index contributed by atoms with van der Waals surface area (Å²) in [5.41, 5.74) is 0.845. The lowest BCUT2D eigenvalue weighted by molar-refractivity contribution is 0.0720. The van der Waals surface area contributed by atoms with Crippen molar-refractivity contribution in [1.29, 1.82) is 0 Å². The molecule has 8 nitrogen and oxygen atoms in total. The van der Waals surface area contributed by atoms with Crippen LogP contribution in [0.1, 0.15) is 18.7 Å². The molecule has 140 valence electrons. The SMILES string of the molecule is COCCN(C[C@H]1CCCO1)C(=O)NCc1noc(-c2ccccc2)n1. The zero-order valence-corrected chi connectivity index (χ0v) is 14.9. The zero-order chi connectivity index (χ0) is 18.2. The van der Waals surface area contributed by atoms with Crippen LogP contribution in [-0.4, -0.2) is 60.6 Å². The van der Waals surface area contributed by atoms with E-state index in [4.69, 9.17) is 14.0 Å². The van der Waals surface area contributed by atoms with Crippen molar-refractivity contribution in [2.75, 3.05) is 33.4 Å². The molecule has 3 rings (SSSR count). The minimum Gasteiger partial charge on any atom is -0.383 e. The lowest BCUT2D eigenvalue weighted by atomic mass is 10.2. The van der Waals surface area contributed by atoms with Crippen LogP contribution >= 0.6 is 0 Å². The second kappa shape index (κ2) is 9.30. The second-order valence-electron chi connectivity index (χ2n) is 6.11. The van der Waals surface area contributed by atoms with Crippen LogP contribution in [0.5, 0.6) is 0 Å². The average Bonchev–Trinajstić information content (AvgIpc) is 3.36. The molecule has 0 unspecified atom stereocenters. The smallest absolute Gasteiger partial charge is 0.317 e. The fourth-order valence-corrected chi connectivity index (χ4v) is 2.80. The number of aromatic nitrogens is 2. The molecule has 1 fully saturated rings. The van der Waals surface area contributed by atoms with Crippen molar-refractivity contribution < 1.29 is 18.8 Å². The number of ether oxygens (including phenoxy) is 2. The molecule has 0 radical (unpaired) electrons. The summed E-state index contributed by atoms with van der Waals surface area (Å²) in [4.78, 5) is 18.5. The molecule has 1 N–H and O–H groups in total. The highest BCUT2D eigenvalue weighted by Gasteiger charge is 2.22. The van der Waals surface area contributed by atoms with Crippen molar-refractivity contribution in [2.24, 2.45) is 0 Å². The Morgan fingerprint density at radius 1 is 1.38 bits per heavy atom. The van der Waals surface area contributed by atoms with Gasteiger partial charge in [-0.1, -0.05) is 23.4 Å². The van der Waals surface area contributed by atoms with E-state index in [2.05, 4.69) is 15.5 Å². The summed E-state index contributed by atoms with van der Waals surface area (Å²) in [6, 6.07) is 9.32. The Morgan fingerprint density at radius 2 is 2.23 bits per heavy atom. The number of nitrogens with one attached hydrogen (secondary N) is 1. The minimum atomic E-state index is -0.191. The molecule has 1 atom stereocenters. The molecule has 26 heavy (non-hydrogen) atoms. The van der Waals surface area contributed by atoms with Gasteiger partial charge in [-0.25, -0.2) is 4.79 Å². The third-order valence-corrected chi connectivity index (χ3v) is 4.19. The molecule has 1 aromatic heterocycles. The van der Waals surface area contributed by atoms with Crippen molar-refractivity contribution >= 4 is 6.03 Å². The largest absolute Gasteiger partial charge is 0.383 e. The van der Waals surface area contributed by atoms with Crippen molar-refractivity contribution in [2.45, 2.75) is 25.5 Å². The number of rotatable bonds is 8. The summed E-state index contributed by atoms with van der Waals surface area (Å²) < 4.78 is 16.0. The summed E-state index contributed by atoms with van der Waals surface area (Å²) in [7, 11) is 1.62. The van der Waals surface area contributed by atoms with Crippen LogP contribution in [0.4, 0.5) is 4.79 Å². The summed E-state index contributed by atoms with van der Waals surface area (Å²) in [6.07, 6.45) is 2.10. The second-order valence-corrected chi connectivity index (χ2v) is 6.11. The van der Waals surface area contributed by atoms with E-state index in [1.165, 1.54) is 0 Å². The van der Waals surface area contributed by atoms with Gasteiger partial charge >= 0.3 is 6.03 Å². The van der Waals surface area contributed by atoms with E-state index in [9.17, 15) is 4.79 Å². The summed E-state index contributed by atoms with van der Waals surface area (Å²) in [5.74, 6) is 0.867. The van der Waals surface area contributed by atoms with Crippen LogP contribution in [0.15, 0.2) is 34.9 Å². The Bertz CT molecular complexity index is 686. The average molecular weight is 360 g/mol. The summed E-state index contributed by atoms with van der Waals surface area (Å²) in [5, 5.41) is 6.76. The van der Waals surface area contributed by atoms with Gasteiger partial charge in [0, 0.05) is 32.4 Å². The van der Waals surface area contributed by atoms with Gasteiger partial charge in [0.15, 0.2) is 5.82 Å². The molecule has 2 amide bonds. The Kier molecular flexibility index (Phi) is 6.56. The van der Waals surface area contributed by atoms with Gasteiger partial charge in [-0.05, 0) is 25.0 Å². The van der Waals surface area contributed by atoms with Gasteiger partial charge in [0.1, 0.15) is 0 Å². The van der Waals surface area contributed by atoms with Crippen molar-refractivity contribution in [3.05, 3.63) is 36.2 Å². The van der Waals surface area contributed by atoms with Gasteiger partial charge < -0.3 is 24.2 Å². The maximum Gasteiger partial charge on any atom is 0.317 e. The Labute approximate surface area is 152 Å². The lowest BCUT2D eigenvalue weighted by Crippen LogP contribution is -2.45. The molecule has 1 aliphatic rings. The number of hydrogen-bond acceptors (Lipinski definition) is 6. The van der Waals surface area contributed by atoms with Gasteiger partial charge in [-0.2, -0.15) is 4.98 Å². The fraction of sp³-hybridized carbons (Fsp3) is 0.500. The topological polar surface area (TPSA) is 89.7 Å². The summed E-state index contributed by atoms with van der Waals surface area (Å²) >= 11 is 0. The molecule has 0 saturated carbocycles. The molecule has 0 spiro atoms. The van der Waals surface area contributed by atoms with E-state index < -0.39 is 0 Å². The third kappa shape index (κ3) is 5.03. The van der Waals surface area contributed by atoms with Crippen LogP contribution in [0.25, 0.3) is 11.5 Å². The maximum absolute atomic E-state index is 12.5. The first-order valence-corrected chi connectivity index (χ1v) is 8.77. The molecular weight excluding hydrogens is 336 g/mol. The molecule has 2 heterocycles. The highest BCUT2D eigenvalue weighted by atomic mass is 16.5. The Morgan fingerprint density at radius 3 is 2.96 bits per heavy atom. The van der Waals surface area contributed by atoms with E-state index in [-0.39, 0.29) is 18.7 Å². The van der Waals surface area contributed by atoms with Crippen molar-refractivity contribution in [3.63, 3.8) is 0 Å². The number of amides is 2. The number of urea groups is 1. The first-order valence-electron chi connectivity index (χ1n) is 8.77. The van der Waals surface area contributed by atoms with E-state index >= 15 is 0 Å². The van der Waals surface area contributed by atoms with Crippen LogP contribution < -0.4 is 5.32 Å². The third-order valence-electron chi connectivity index (χ3n) is 4.19. The van der Waals surface area contributed by atoms with Gasteiger partial charge in [0.05, 0.1) is 19.3 Å². The number of benzene rings is 1. The van der Waals surface area contributed by atoms with E-state index in [0.717, 1.165) is 25.0 Å². The Hall–Kier alpha value is -2.45. The first-order chi connectivity index (χ1) is 12.8. The predicted octanol–water partition coefficient (Wildman–Crippen LogP) is 2.07. The lowest BCUT2D eigenvalue weighted by Gasteiger charge is -2.25. The molecule has 8 heteroatoms. The number of methoxy groups -OCH3 is 1. The van der Waals surface area contributed by atoms with Crippen LogP contribution in [0.2, 0.25) is 0 Å². The quantitative estimate of drug-likeness (QED) is 0.775. The molecule has 0 bridgehead atoms. The van der Waals surface area contributed by atoms with Gasteiger partial charge in [0.2, 0.25) is 0 Å². The van der Waals surface area contributed by atoms with Crippen LogP contribution in [0.3, 0.4) is 0 Å². The normalized spacial score (nSPS) is 16.6. The monoisotopic (exact) mass is 360 g/mol. The number of nitrogens with zero attached hydrogens (tertiary/aromatic N) is 3. The summed E-state index contributed by atoms with van der Waals surface area (Å²) in [6.45, 7) is 2.49. The van der Waals surface area contributed by atoms with E-state index in [1.807, 2.05) is 30.3 Å². The fourth-order valence-electron chi connectivity index (χ4n) is 2.80. The molecule has 0 aliphatic carbocycles. The molecular formula is C18H24N4O4. The van der Waals surface area contributed by atoms with Gasteiger partial charge in [-0.3, -0.25) is 0 Å². The van der Waals surface area contributed by atoms with Crippen LogP contribution in [0, 0.1) is 0 Å². The molecule has 2 aromatic rings. The predicted molar refractivity (Wildman–Crippen MR) is 94.4 cm³/mol. The standard InChI is InChI=1S/C18H24N4O4/c1-24-11-9-22(13-15-8-5-10-25-15)18(23)19-12-16-20-17(26-21-16)14-6-3-2-4-7-14/h2-4,6-7,15H,5,8-13H2,1H3,(H,19,23)/t15-/m1/s1. The number of hydrogen-bond donors (Lipinski definition) is 1. The van der Waals surface area contributed by atoms with Crippen molar-refractivity contribution in [3.8, 4) is 11.5 Å². The van der Waals surface area contributed by atoms with E-state index in [0.29, 0.717) is 31.4 Å². The first kappa shape index (κ1) is 18.3. The highest BCUT2D eigenvalue weighted by molar-refractivity contribution is 5.74. The van der Waals surface area contributed by atoms with Crippen molar-refractivity contribution in [1.82, 2.24) is 20.4 Å². The number of carbonyl (C=O) groups is 1.